The number of rotatable bonds is 3. The molecule has 19 heavy (non-hydrogen) atoms. The van der Waals surface area contributed by atoms with Gasteiger partial charge in [0.2, 0.25) is 0 Å². The number of halogens is 3. The summed E-state index contributed by atoms with van der Waals surface area (Å²) in [4.78, 5) is 4.61. The fourth-order valence-electron chi connectivity index (χ4n) is 1.28. The van der Waals surface area contributed by atoms with Crippen molar-refractivity contribution in [3.63, 3.8) is 0 Å². The van der Waals surface area contributed by atoms with E-state index in [1.54, 1.807) is 0 Å². The van der Waals surface area contributed by atoms with Crippen molar-refractivity contribution in [2.24, 2.45) is 5.14 Å². The van der Waals surface area contributed by atoms with E-state index in [2.05, 4.69) is 48.2 Å². The fourth-order valence-corrected chi connectivity index (χ4v) is 1.28. The molecule has 1 rings (SSSR count). The zero-order valence-corrected chi connectivity index (χ0v) is 12.0. The van der Waals surface area contributed by atoms with Gasteiger partial charge in [-0.1, -0.05) is 13.3 Å². The van der Waals surface area contributed by atoms with Gasteiger partial charge in [-0.25, -0.2) is 13.6 Å². The summed E-state index contributed by atoms with van der Waals surface area (Å²) in [5.41, 5.74) is -5.31. The molecule has 1 unspecified atom stereocenters. The third-order valence-corrected chi connectivity index (χ3v) is 3.30. The van der Waals surface area contributed by atoms with E-state index < -0.39 is 15.5 Å². The van der Waals surface area contributed by atoms with E-state index in [4.69, 9.17) is 0 Å². The average molecular weight is 303 g/mol. The highest BCUT2D eigenvalue weighted by atomic mass is 32.2. The predicted octanol–water partition coefficient (Wildman–Crippen LogP) is 1.65. The Labute approximate surface area is 111 Å². The van der Waals surface area contributed by atoms with Gasteiger partial charge in [-0.15, -0.1) is 0 Å². The minimum Gasteiger partial charge on any atom is -0.359 e. The molecule has 114 valence electrons. The van der Waals surface area contributed by atoms with Crippen molar-refractivity contribution in [1.82, 2.24) is 9.80 Å². The number of nitrogens with two attached hydrogens (primary N) is 1. The minimum absolute atomic E-state index is 0.557. The number of sulfonamides is 1. The van der Waals surface area contributed by atoms with Gasteiger partial charge in [0.15, 0.2) is 0 Å². The van der Waals surface area contributed by atoms with Gasteiger partial charge >= 0.3 is 15.5 Å². The quantitative estimate of drug-likeness (QED) is 0.861. The molecule has 0 aromatic carbocycles. The van der Waals surface area contributed by atoms with Crippen LogP contribution in [-0.4, -0.2) is 43.5 Å². The van der Waals surface area contributed by atoms with E-state index in [1.165, 1.54) is 19.4 Å². The molecule has 5 nitrogen and oxygen atoms in total. The summed E-state index contributed by atoms with van der Waals surface area (Å²) in [5.74, 6) is 0. The van der Waals surface area contributed by atoms with E-state index in [0.29, 0.717) is 6.17 Å². The second-order valence-corrected chi connectivity index (χ2v) is 5.73. The van der Waals surface area contributed by atoms with Crippen LogP contribution in [0, 0.1) is 0 Å². The number of unbranched alkanes of at least 4 members (excludes halogenated alkanes) is 1. The summed E-state index contributed by atoms with van der Waals surface area (Å²) in [5, 5.41) is 3.66. The Balaban J connectivity index is 0.000000362. The summed E-state index contributed by atoms with van der Waals surface area (Å²) in [6.07, 6.45) is 7.45. The molecular formula is C10H20F3N3O2S. The van der Waals surface area contributed by atoms with Crippen LogP contribution < -0.4 is 5.14 Å². The van der Waals surface area contributed by atoms with Crippen molar-refractivity contribution in [3.05, 3.63) is 12.4 Å². The lowest BCUT2D eigenvalue weighted by molar-refractivity contribution is -0.0436. The molecule has 0 bridgehead atoms. The molecule has 0 amide bonds. The first kappa shape index (κ1) is 18.0. The summed E-state index contributed by atoms with van der Waals surface area (Å²) in [6.45, 7) is 5.66. The molecule has 0 spiro atoms. The molecule has 0 aliphatic carbocycles. The zero-order valence-electron chi connectivity index (χ0n) is 11.2. The topological polar surface area (TPSA) is 66.6 Å². The summed E-state index contributed by atoms with van der Waals surface area (Å²) < 4.78 is 51.2. The Hall–Kier alpha value is -0.960. The normalized spacial score (nSPS) is 19.4. The second kappa shape index (κ2) is 6.99. The molecule has 1 heterocycles. The van der Waals surface area contributed by atoms with Gasteiger partial charge in [-0.05, 0) is 13.3 Å². The van der Waals surface area contributed by atoms with Gasteiger partial charge in [0.25, 0.3) is 0 Å². The van der Waals surface area contributed by atoms with Crippen LogP contribution in [-0.2, 0) is 10.0 Å². The number of primary sulfonamides is 1. The standard InChI is InChI=1S/C9H18N2.CH2F3NO2S/c1-4-5-6-11-8-7-10(3)9(11)2;2-1(3,4)8(5,6)7/h7-9H,4-6H2,1-3H3;(H2,5,6,7). The second-order valence-electron chi connectivity index (χ2n) is 4.18. The number of nitrogens with zero attached hydrogens (tertiary/aromatic N) is 2. The number of alkyl halides is 3. The lowest BCUT2D eigenvalue weighted by Crippen LogP contribution is -2.33. The highest BCUT2D eigenvalue weighted by Gasteiger charge is 2.42. The lowest BCUT2D eigenvalue weighted by atomic mass is 10.3. The molecule has 1 aliphatic heterocycles. The third kappa shape index (κ3) is 6.15. The Kier molecular flexibility index (Phi) is 6.64. The first-order valence-corrected chi connectivity index (χ1v) is 7.30. The molecule has 0 fully saturated rings. The van der Waals surface area contributed by atoms with Crippen LogP contribution in [0.1, 0.15) is 26.7 Å². The molecule has 1 atom stereocenters. The molecule has 0 radical (unpaired) electrons. The maximum atomic E-state index is 10.8. The average Bonchev–Trinajstić information content (AvgIpc) is 2.55. The van der Waals surface area contributed by atoms with Crippen LogP contribution in [0.5, 0.6) is 0 Å². The summed E-state index contributed by atoms with van der Waals surface area (Å²) in [7, 11) is -3.22. The van der Waals surface area contributed by atoms with E-state index in [0.717, 1.165) is 0 Å². The molecule has 0 saturated carbocycles. The smallest absolute Gasteiger partial charge is 0.359 e. The van der Waals surface area contributed by atoms with Crippen LogP contribution in [0.25, 0.3) is 0 Å². The van der Waals surface area contributed by atoms with Crippen molar-refractivity contribution >= 4 is 10.0 Å². The molecule has 9 heteroatoms. The van der Waals surface area contributed by atoms with E-state index >= 15 is 0 Å². The van der Waals surface area contributed by atoms with Crippen LogP contribution in [0.15, 0.2) is 12.4 Å². The van der Waals surface area contributed by atoms with Crippen molar-refractivity contribution in [2.75, 3.05) is 13.6 Å². The predicted molar refractivity (Wildman–Crippen MR) is 67.1 cm³/mol. The lowest BCUT2D eigenvalue weighted by Gasteiger charge is -2.26. The molecule has 1 aliphatic rings. The monoisotopic (exact) mass is 303 g/mol. The summed E-state index contributed by atoms with van der Waals surface area (Å²) >= 11 is 0. The van der Waals surface area contributed by atoms with E-state index in [1.807, 2.05) is 0 Å². The molecule has 0 saturated heterocycles. The van der Waals surface area contributed by atoms with Gasteiger partial charge < -0.3 is 9.80 Å². The van der Waals surface area contributed by atoms with Crippen LogP contribution in [0.2, 0.25) is 0 Å². The molecule has 0 aromatic heterocycles. The maximum absolute atomic E-state index is 10.8. The van der Waals surface area contributed by atoms with Gasteiger partial charge in [-0.2, -0.15) is 13.2 Å². The SMILES string of the molecule is CCCCN1C=CN(C)C1C.NS(=O)(=O)C(F)(F)F. The highest BCUT2D eigenvalue weighted by molar-refractivity contribution is 7.90. The van der Waals surface area contributed by atoms with Gasteiger partial charge in [0.1, 0.15) is 0 Å². The van der Waals surface area contributed by atoms with Crippen molar-refractivity contribution < 1.29 is 21.6 Å². The molecule has 0 aromatic rings. The van der Waals surface area contributed by atoms with Gasteiger partial charge in [0, 0.05) is 26.0 Å². The van der Waals surface area contributed by atoms with Crippen LogP contribution in [0.3, 0.4) is 0 Å². The van der Waals surface area contributed by atoms with E-state index in [9.17, 15) is 21.6 Å². The Morgan fingerprint density at radius 3 is 2.05 bits per heavy atom. The first-order valence-electron chi connectivity index (χ1n) is 5.75. The van der Waals surface area contributed by atoms with Gasteiger partial charge in [0.05, 0.1) is 6.17 Å². The molecular weight excluding hydrogens is 283 g/mol. The van der Waals surface area contributed by atoms with Crippen molar-refractivity contribution in [3.8, 4) is 0 Å². The van der Waals surface area contributed by atoms with Gasteiger partial charge in [-0.3, -0.25) is 0 Å². The Morgan fingerprint density at radius 1 is 1.32 bits per heavy atom. The van der Waals surface area contributed by atoms with Crippen molar-refractivity contribution in [2.45, 2.75) is 38.4 Å². The Morgan fingerprint density at radius 2 is 1.79 bits per heavy atom. The summed E-state index contributed by atoms with van der Waals surface area (Å²) in [6, 6.07) is 0. The largest absolute Gasteiger partial charge is 0.511 e. The first-order chi connectivity index (χ1) is 8.50. The van der Waals surface area contributed by atoms with Crippen LogP contribution >= 0.6 is 0 Å². The van der Waals surface area contributed by atoms with Crippen molar-refractivity contribution in [1.29, 1.82) is 0 Å². The Bertz CT molecular complexity index is 395. The van der Waals surface area contributed by atoms with Crippen LogP contribution in [0.4, 0.5) is 13.2 Å². The minimum atomic E-state index is -5.34. The fraction of sp³-hybridized carbons (Fsp3) is 0.800. The highest BCUT2D eigenvalue weighted by Crippen LogP contribution is 2.18. The third-order valence-electron chi connectivity index (χ3n) is 2.66. The maximum Gasteiger partial charge on any atom is 0.511 e. The van der Waals surface area contributed by atoms with E-state index in [-0.39, 0.29) is 0 Å². The zero-order chi connectivity index (χ0) is 15.3. The number of hydrogen-bond donors (Lipinski definition) is 1. The number of hydrogen-bond acceptors (Lipinski definition) is 4. The molecule has 2 N–H and O–H groups in total.